The first-order chi connectivity index (χ1) is 6.52. The van der Waals surface area contributed by atoms with Gasteiger partial charge in [-0.05, 0) is 19.1 Å². The predicted molar refractivity (Wildman–Crippen MR) is 58.7 cm³/mol. The minimum Gasteiger partial charge on any atom is -0.322 e. The molecule has 0 spiro atoms. The number of nitrogens with one attached hydrogen (secondary N) is 1. The van der Waals surface area contributed by atoms with Crippen LogP contribution in [0.5, 0.6) is 0 Å². The van der Waals surface area contributed by atoms with E-state index in [4.69, 9.17) is 28.9 Å². The fraction of sp³-hybridized carbons (Fsp3) is 0.222. The first kappa shape index (κ1) is 11.3. The van der Waals surface area contributed by atoms with E-state index >= 15 is 0 Å². The summed E-state index contributed by atoms with van der Waals surface area (Å²) in [5.41, 5.74) is 5.79. The van der Waals surface area contributed by atoms with Gasteiger partial charge in [-0.3, -0.25) is 4.79 Å². The molecule has 1 amide bonds. The molecule has 1 atom stereocenters. The number of rotatable bonds is 2. The van der Waals surface area contributed by atoms with Crippen molar-refractivity contribution in [3.8, 4) is 0 Å². The Hall–Kier alpha value is -0.770. The number of nitrogens with two attached hydrogens (primary N) is 1. The van der Waals surface area contributed by atoms with E-state index in [2.05, 4.69) is 5.32 Å². The Kier molecular flexibility index (Phi) is 3.75. The van der Waals surface area contributed by atoms with Crippen molar-refractivity contribution in [1.29, 1.82) is 0 Å². The number of carbonyl (C=O) groups is 1. The Bertz CT molecular complexity index is 332. The summed E-state index contributed by atoms with van der Waals surface area (Å²) in [5.74, 6) is -0.319. The van der Waals surface area contributed by atoms with Gasteiger partial charge in [-0.25, -0.2) is 0 Å². The van der Waals surface area contributed by atoms with Crippen LogP contribution in [-0.4, -0.2) is 11.9 Å². The van der Waals surface area contributed by atoms with E-state index in [0.717, 1.165) is 0 Å². The van der Waals surface area contributed by atoms with Crippen LogP contribution in [0, 0.1) is 0 Å². The van der Waals surface area contributed by atoms with Gasteiger partial charge in [0.15, 0.2) is 0 Å². The summed E-state index contributed by atoms with van der Waals surface area (Å²) in [6.07, 6.45) is 0. The number of anilines is 1. The van der Waals surface area contributed by atoms with Crippen molar-refractivity contribution >= 4 is 34.8 Å². The molecule has 0 aliphatic heterocycles. The van der Waals surface area contributed by atoms with E-state index < -0.39 is 6.04 Å². The molecule has 0 saturated carbocycles. The maximum absolute atomic E-state index is 11.3. The molecule has 0 fully saturated rings. The molecular formula is C9H10Cl2N2O. The van der Waals surface area contributed by atoms with E-state index in [9.17, 15) is 4.79 Å². The Labute approximate surface area is 92.2 Å². The van der Waals surface area contributed by atoms with Crippen molar-refractivity contribution in [3.05, 3.63) is 28.2 Å². The van der Waals surface area contributed by atoms with E-state index in [0.29, 0.717) is 15.7 Å². The summed E-state index contributed by atoms with van der Waals surface area (Å²) in [5, 5.41) is 3.34. The topological polar surface area (TPSA) is 55.1 Å². The monoisotopic (exact) mass is 232 g/mol. The van der Waals surface area contributed by atoms with Crippen LogP contribution in [0.25, 0.3) is 0 Å². The minimum atomic E-state index is -0.595. The van der Waals surface area contributed by atoms with Crippen molar-refractivity contribution in [1.82, 2.24) is 0 Å². The summed E-state index contributed by atoms with van der Waals surface area (Å²) in [4.78, 5) is 11.3. The molecule has 0 aliphatic rings. The molecule has 0 bridgehead atoms. The molecule has 1 aromatic carbocycles. The third-order valence-electron chi connectivity index (χ3n) is 1.62. The lowest BCUT2D eigenvalue weighted by molar-refractivity contribution is -0.117. The second-order valence-electron chi connectivity index (χ2n) is 2.87. The van der Waals surface area contributed by atoms with Gasteiger partial charge in [0.2, 0.25) is 5.91 Å². The summed E-state index contributed by atoms with van der Waals surface area (Å²) in [6.45, 7) is 1.58. The number of carbonyl (C=O) groups excluding carboxylic acids is 1. The van der Waals surface area contributed by atoms with Gasteiger partial charge in [0.05, 0.1) is 21.8 Å². The van der Waals surface area contributed by atoms with Crippen LogP contribution in [0.1, 0.15) is 6.92 Å². The lowest BCUT2D eigenvalue weighted by Gasteiger charge is -2.10. The smallest absolute Gasteiger partial charge is 0.241 e. The predicted octanol–water partition coefficient (Wildman–Crippen LogP) is 2.28. The third kappa shape index (κ3) is 2.61. The zero-order valence-corrected chi connectivity index (χ0v) is 9.06. The summed E-state index contributed by atoms with van der Waals surface area (Å²) >= 11 is 11.7. The van der Waals surface area contributed by atoms with Crippen molar-refractivity contribution in [2.24, 2.45) is 5.73 Å². The summed E-state index contributed by atoms with van der Waals surface area (Å²) < 4.78 is 0. The largest absolute Gasteiger partial charge is 0.322 e. The molecule has 1 aromatic rings. The van der Waals surface area contributed by atoms with E-state index in [-0.39, 0.29) is 5.91 Å². The minimum absolute atomic E-state index is 0.319. The van der Waals surface area contributed by atoms with Crippen molar-refractivity contribution in [2.75, 3.05) is 5.32 Å². The first-order valence-electron chi connectivity index (χ1n) is 4.03. The molecule has 0 aliphatic carbocycles. The maximum Gasteiger partial charge on any atom is 0.241 e. The van der Waals surface area contributed by atoms with Gasteiger partial charge >= 0.3 is 0 Å². The molecule has 3 N–H and O–H groups in total. The number of para-hydroxylation sites is 1. The molecule has 76 valence electrons. The highest BCUT2D eigenvalue weighted by Crippen LogP contribution is 2.29. The van der Waals surface area contributed by atoms with Crippen molar-refractivity contribution < 1.29 is 4.79 Å². The second kappa shape index (κ2) is 4.64. The Balaban J connectivity index is 2.91. The normalized spacial score (nSPS) is 12.3. The zero-order chi connectivity index (χ0) is 10.7. The number of halogens is 2. The summed E-state index contributed by atoms with van der Waals surface area (Å²) in [7, 11) is 0. The van der Waals surface area contributed by atoms with Crippen LogP contribution in [0.2, 0.25) is 10.0 Å². The molecule has 0 radical (unpaired) electrons. The lowest BCUT2D eigenvalue weighted by Crippen LogP contribution is -2.32. The number of hydrogen-bond acceptors (Lipinski definition) is 2. The quantitative estimate of drug-likeness (QED) is 0.823. The molecule has 0 heterocycles. The van der Waals surface area contributed by atoms with Crippen LogP contribution in [0.15, 0.2) is 18.2 Å². The molecule has 3 nitrogen and oxygen atoms in total. The maximum atomic E-state index is 11.3. The summed E-state index contributed by atoms with van der Waals surface area (Å²) in [6, 6.07) is 4.39. The first-order valence-corrected chi connectivity index (χ1v) is 4.78. The van der Waals surface area contributed by atoms with Crippen molar-refractivity contribution in [2.45, 2.75) is 13.0 Å². The van der Waals surface area contributed by atoms with Gasteiger partial charge in [-0.2, -0.15) is 0 Å². The average molecular weight is 233 g/mol. The Morgan fingerprint density at radius 2 is 1.93 bits per heavy atom. The molecule has 1 rings (SSSR count). The Morgan fingerprint density at radius 3 is 2.36 bits per heavy atom. The standard InChI is InChI=1S/C9H10Cl2N2O/c1-5(12)9(14)13-8-6(10)3-2-4-7(8)11/h2-5H,12H2,1H3,(H,13,14)/t5-/m0/s1. The lowest BCUT2D eigenvalue weighted by atomic mass is 10.3. The van der Waals surface area contributed by atoms with E-state index in [1.807, 2.05) is 0 Å². The van der Waals surface area contributed by atoms with Gasteiger partial charge in [0.25, 0.3) is 0 Å². The number of amides is 1. The second-order valence-corrected chi connectivity index (χ2v) is 3.69. The van der Waals surface area contributed by atoms with Crippen LogP contribution >= 0.6 is 23.2 Å². The van der Waals surface area contributed by atoms with Gasteiger partial charge in [0.1, 0.15) is 0 Å². The zero-order valence-electron chi connectivity index (χ0n) is 7.55. The van der Waals surface area contributed by atoms with Crippen LogP contribution in [-0.2, 0) is 4.79 Å². The fourth-order valence-electron chi connectivity index (χ4n) is 0.854. The van der Waals surface area contributed by atoms with Crippen LogP contribution < -0.4 is 11.1 Å². The highest BCUT2D eigenvalue weighted by molar-refractivity contribution is 6.39. The van der Waals surface area contributed by atoms with Gasteiger partial charge in [-0.1, -0.05) is 29.3 Å². The van der Waals surface area contributed by atoms with Crippen LogP contribution in [0.4, 0.5) is 5.69 Å². The van der Waals surface area contributed by atoms with Crippen LogP contribution in [0.3, 0.4) is 0 Å². The van der Waals surface area contributed by atoms with Crippen molar-refractivity contribution in [3.63, 3.8) is 0 Å². The molecule has 0 aromatic heterocycles. The molecule has 14 heavy (non-hydrogen) atoms. The Morgan fingerprint density at radius 1 is 1.43 bits per heavy atom. The fourth-order valence-corrected chi connectivity index (χ4v) is 1.35. The molecule has 0 saturated heterocycles. The number of benzene rings is 1. The third-order valence-corrected chi connectivity index (χ3v) is 2.25. The van der Waals surface area contributed by atoms with Gasteiger partial charge < -0.3 is 11.1 Å². The molecular weight excluding hydrogens is 223 g/mol. The highest BCUT2D eigenvalue weighted by Gasteiger charge is 2.11. The van der Waals surface area contributed by atoms with E-state index in [1.54, 1.807) is 25.1 Å². The molecule has 0 unspecified atom stereocenters. The highest BCUT2D eigenvalue weighted by atomic mass is 35.5. The SMILES string of the molecule is C[C@H](N)C(=O)Nc1c(Cl)cccc1Cl. The van der Waals surface area contributed by atoms with Gasteiger partial charge in [-0.15, -0.1) is 0 Å². The average Bonchev–Trinajstić information content (AvgIpc) is 2.11. The van der Waals surface area contributed by atoms with Gasteiger partial charge in [0, 0.05) is 0 Å². The number of hydrogen-bond donors (Lipinski definition) is 2. The van der Waals surface area contributed by atoms with E-state index in [1.165, 1.54) is 0 Å². The molecule has 5 heteroatoms.